The van der Waals surface area contributed by atoms with Gasteiger partial charge in [-0.25, -0.2) is 4.98 Å². The van der Waals surface area contributed by atoms with Crippen molar-refractivity contribution in [3.05, 3.63) is 17.7 Å². The van der Waals surface area contributed by atoms with Gasteiger partial charge < -0.3 is 15.8 Å². The molecule has 0 spiro atoms. The van der Waals surface area contributed by atoms with E-state index in [4.69, 9.17) is 16.1 Å². The number of nitrogens with zero attached hydrogens (tertiary/aromatic N) is 2. The molecule has 1 atom stereocenters. The SMILES string of the molecule is N#Cc1nc[nH]c1C[C@H](N)C(=O)O. The number of nitrogens with one attached hydrogen (secondary N) is 1. The normalized spacial score (nSPS) is 12.0. The lowest BCUT2D eigenvalue weighted by atomic mass is 10.1. The Labute approximate surface area is 74.0 Å². The average Bonchev–Trinajstić information content (AvgIpc) is 2.51. The van der Waals surface area contributed by atoms with Crippen molar-refractivity contribution in [1.29, 1.82) is 5.26 Å². The standard InChI is InChI=1S/C7H8N4O2/c8-2-6-5(10-3-11-6)1-4(9)7(12)13/h3-4H,1,9H2,(H,10,11)(H,12,13)/t4-/m0/s1. The molecule has 0 saturated carbocycles. The third-order valence-corrected chi connectivity index (χ3v) is 1.57. The van der Waals surface area contributed by atoms with Gasteiger partial charge in [-0.1, -0.05) is 0 Å². The molecule has 4 N–H and O–H groups in total. The quantitative estimate of drug-likeness (QED) is 0.565. The number of hydrogen-bond donors (Lipinski definition) is 3. The topological polar surface area (TPSA) is 116 Å². The van der Waals surface area contributed by atoms with Gasteiger partial charge in [0.2, 0.25) is 0 Å². The third kappa shape index (κ3) is 2.04. The fourth-order valence-corrected chi connectivity index (χ4v) is 0.880. The summed E-state index contributed by atoms with van der Waals surface area (Å²) in [4.78, 5) is 16.7. The fraction of sp³-hybridized carbons (Fsp3) is 0.286. The lowest BCUT2D eigenvalue weighted by molar-refractivity contribution is -0.138. The predicted octanol–water partition coefficient (Wildman–Crippen LogP) is -0.764. The van der Waals surface area contributed by atoms with Gasteiger partial charge in [0, 0.05) is 6.42 Å². The van der Waals surface area contributed by atoms with Crippen LogP contribution in [-0.2, 0) is 11.2 Å². The van der Waals surface area contributed by atoms with E-state index in [2.05, 4.69) is 9.97 Å². The van der Waals surface area contributed by atoms with Crippen LogP contribution in [0.2, 0.25) is 0 Å². The Morgan fingerprint density at radius 3 is 3.15 bits per heavy atom. The van der Waals surface area contributed by atoms with Crippen LogP contribution in [0, 0.1) is 11.3 Å². The van der Waals surface area contributed by atoms with E-state index in [1.807, 2.05) is 6.07 Å². The molecule has 0 aliphatic carbocycles. The molecular weight excluding hydrogens is 172 g/mol. The van der Waals surface area contributed by atoms with Crippen molar-refractivity contribution in [2.75, 3.05) is 0 Å². The molecule has 6 heteroatoms. The summed E-state index contributed by atoms with van der Waals surface area (Å²) in [6, 6.07) is 0.822. The Bertz CT molecular complexity index is 352. The molecule has 0 amide bonds. The smallest absolute Gasteiger partial charge is 0.320 e. The number of nitrogens with two attached hydrogens (primary N) is 1. The first-order valence-electron chi connectivity index (χ1n) is 3.56. The summed E-state index contributed by atoms with van der Waals surface area (Å²) in [7, 11) is 0. The number of rotatable bonds is 3. The molecule has 0 bridgehead atoms. The van der Waals surface area contributed by atoms with Crippen LogP contribution in [0.5, 0.6) is 0 Å². The summed E-state index contributed by atoms with van der Waals surface area (Å²) in [5, 5.41) is 17.0. The second kappa shape index (κ2) is 3.69. The maximum absolute atomic E-state index is 10.4. The first kappa shape index (κ1) is 9.22. The van der Waals surface area contributed by atoms with Crippen LogP contribution in [0.1, 0.15) is 11.4 Å². The minimum Gasteiger partial charge on any atom is -0.480 e. The Kier molecular flexibility index (Phi) is 2.62. The van der Waals surface area contributed by atoms with E-state index in [9.17, 15) is 4.79 Å². The largest absolute Gasteiger partial charge is 0.480 e. The number of aromatic amines is 1. The van der Waals surface area contributed by atoms with Gasteiger partial charge in [0.25, 0.3) is 0 Å². The van der Waals surface area contributed by atoms with E-state index in [-0.39, 0.29) is 12.1 Å². The molecule has 1 aromatic rings. The molecular formula is C7H8N4O2. The van der Waals surface area contributed by atoms with E-state index < -0.39 is 12.0 Å². The summed E-state index contributed by atoms with van der Waals surface area (Å²) in [5.41, 5.74) is 5.92. The van der Waals surface area contributed by atoms with Crippen LogP contribution < -0.4 is 5.73 Å². The summed E-state index contributed by atoms with van der Waals surface area (Å²) in [6.45, 7) is 0. The van der Waals surface area contributed by atoms with Crippen LogP contribution in [0.3, 0.4) is 0 Å². The highest BCUT2D eigenvalue weighted by atomic mass is 16.4. The lowest BCUT2D eigenvalue weighted by Crippen LogP contribution is -2.32. The van der Waals surface area contributed by atoms with Crippen LogP contribution in [0.15, 0.2) is 6.33 Å². The highest BCUT2D eigenvalue weighted by Crippen LogP contribution is 2.03. The highest BCUT2D eigenvalue weighted by Gasteiger charge is 2.15. The maximum Gasteiger partial charge on any atom is 0.320 e. The summed E-state index contributed by atoms with van der Waals surface area (Å²) < 4.78 is 0. The van der Waals surface area contributed by atoms with Gasteiger partial charge >= 0.3 is 5.97 Å². The zero-order valence-corrected chi connectivity index (χ0v) is 6.69. The van der Waals surface area contributed by atoms with E-state index >= 15 is 0 Å². The van der Waals surface area contributed by atoms with Crippen molar-refractivity contribution in [1.82, 2.24) is 9.97 Å². The van der Waals surface area contributed by atoms with E-state index in [0.717, 1.165) is 0 Å². The number of aliphatic carboxylic acids is 1. The molecule has 1 heterocycles. The first-order chi connectivity index (χ1) is 6.15. The second-order valence-corrected chi connectivity index (χ2v) is 2.49. The fourth-order valence-electron chi connectivity index (χ4n) is 0.880. The van der Waals surface area contributed by atoms with Gasteiger partial charge in [0.15, 0.2) is 5.69 Å². The van der Waals surface area contributed by atoms with Crippen molar-refractivity contribution >= 4 is 5.97 Å². The molecule has 0 saturated heterocycles. The van der Waals surface area contributed by atoms with Gasteiger partial charge in [0.1, 0.15) is 12.1 Å². The van der Waals surface area contributed by atoms with Gasteiger partial charge in [0.05, 0.1) is 12.0 Å². The van der Waals surface area contributed by atoms with Crippen molar-refractivity contribution in [3.63, 3.8) is 0 Å². The maximum atomic E-state index is 10.4. The Morgan fingerprint density at radius 2 is 2.62 bits per heavy atom. The first-order valence-corrected chi connectivity index (χ1v) is 3.56. The highest BCUT2D eigenvalue weighted by molar-refractivity contribution is 5.73. The summed E-state index contributed by atoms with van der Waals surface area (Å²) >= 11 is 0. The number of carboxylic acids is 1. The molecule has 6 nitrogen and oxygen atoms in total. The van der Waals surface area contributed by atoms with Crippen LogP contribution in [0.4, 0.5) is 0 Å². The van der Waals surface area contributed by atoms with Crippen LogP contribution in [-0.4, -0.2) is 27.1 Å². The van der Waals surface area contributed by atoms with Crippen LogP contribution in [0.25, 0.3) is 0 Å². The summed E-state index contributed by atoms with van der Waals surface area (Å²) in [5.74, 6) is -1.10. The van der Waals surface area contributed by atoms with E-state index in [1.165, 1.54) is 6.33 Å². The molecule has 0 aliphatic rings. The number of hydrogen-bond acceptors (Lipinski definition) is 4. The molecule has 0 radical (unpaired) electrons. The van der Waals surface area contributed by atoms with E-state index in [1.54, 1.807) is 0 Å². The van der Waals surface area contributed by atoms with Crippen molar-refractivity contribution in [2.24, 2.45) is 5.73 Å². The molecule has 68 valence electrons. The number of carboxylic acid groups (broad SMARTS) is 1. The van der Waals surface area contributed by atoms with Gasteiger partial charge in [-0.2, -0.15) is 5.26 Å². The minimum atomic E-state index is -1.10. The number of H-pyrrole nitrogens is 1. The zero-order chi connectivity index (χ0) is 9.84. The number of aromatic nitrogens is 2. The molecule has 0 fully saturated rings. The van der Waals surface area contributed by atoms with Gasteiger partial charge in [-0.15, -0.1) is 0 Å². The number of carbonyl (C=O) groups is 1. The molecule has 1 rings (SSSR count). The molecule has 0 aromatic carbocycles. The monoisotopic (exact) mass is 180 g/mol. The van der Waals surface area contributed by atoms with Crippen molar-refractivity contribution < 1.29 is 9.90 Å². The Morgan fingerprint density at radius 1 is 1.92 bits per heavy atom. The van der Waals surface area contributed by atoms with Crippen LogP contribution >= 0.6 is 0 Å². The Balaban J connectivity index is 2.75. The van der Waals surface area contributed by atoms with Gasteiger partial charge in [-0.3, -0.25) is 4.79 Å². The molecule has 0 unspecified atom stereocenters. The number of nitriles is 1. The average molecular weight is 180 g/mol. The molecule has 13 heavy (non-hydrogen) atoms. The van der Waals surface area contributed by atoms with Gasteiger partial charge in [-0.05, 0) is 0 Å². The van der Waals surface area contributed by atoms with Crippen molar-refractivity contribution in [2.45, 2.75) is 12.5 Å². The lowest BCUT2D eigenvalue weighted by Gasteiger charge is -2.03. The second-order valence-electron chi connectivity index (χ2n) is 2.49. The molecule has 0 aliphatic heterocycles. The number of imidazole rings is 1. The Hall–Kier alpha value is -1.87. The predicted molar refractivity (Wildman–Crippen MR) is 42.6 cm³/mol. The zero-order valence-electron chi connectivity index (χ0n) is 6.69. The third-order valence-electron chi connectivity index (χ3n) is 1.57. The van der Waals surface area contributed by atoms with E-state index in [0.29, 0.717) is 5.69 Å². The minimum absolute atomic E-state index is 0.0816. The van der Waals surface area contributed by atoms with Crippen molar-refractivity contribution in [3.8, 4) is 6.07 Å². The summed E-state index contributed by atoms with van der Waals surface area (Å²) in [6.07, 6.45) is 1.42. The molecule has 1 aromatic heterocycles.